The molecule has 0 saturated heterocycles. The minimum Gasteiger partial charge on any atom is -0.434 e. The van der Waals surface area contributed by atoms with Gasteiger partial charge in [-0.1, -0.05) is 11.6 Å². The Labute approximate surface area is 106 Å². The second-order valence-corrected chi connectivity index (χ2v) is 4.37. The van der Waals surface area contributed by atoms with Crippen molar-refractivity contribution in [3.05, 3.63) is 0 Å². The van der Waals surface area contributed by atoms with Gasteiger partial charge in [-0.3, -0.25) is 9.63 Å². The van der Waals surface area contributed by atoms with E-state index in [0.717, 1.165) is 5.06 Å². The molecular formula is C10H18ClNO5. The van der Waals surface area contributed by atoms with Gasteiger partial charge >= 0.3 is 6.16 Å². The smallest absolute Gasteiger partial charge is 0.434 e. The van der Waals surface area contributed by atoms with Crippen molar-refractivity contribution in [1.29, 1.82) is 0 Å². The second-order valence-electron chi connectivity index (χ2n) is 4.16. The van der Waals surface area contributed by atoms with Crippen LogP contribution in [-0.4, -0.2) is 42.4 Å². The zero-order valence-corrected chi connectivity index (χ0v) is 11.0. The van der Waals surface area contributed by atoms with Crippen LogP contribution in [0.5, 0.6) is 0 Å². The summed E-state index contributed by atoms with van der Waals surface area (Å²) in [6.07, 6.45) is 0.212. The van der Waals surface area contributed by atoms with Crippen LogP contribution in [0.2, 0.25) is 0 Å². The molecular weight excluding hydrogens is 250 g/mol. The number of hydrogen-bond donors (Lipinski definition) is 0. The molecule has 0 aromatic carbocycles. The van der Waals surface area contributed by atoms with Gasteiger partial charge in [-0.15, -0.1) is 0 Å². The van der Waals surface area contributed by atoms with Gasteiger partial charge in [0.2, 0.25) is 6.41 Å². The Bertz CT molecular complexity index is 241. The van der Waals surface area contributed by atoms with Gasteiger partial charge in [0.1, 0.15) is 0 Å². The van der Waals surface area contributed by atoms with Crippen molar-refractivity contribution in [1.82, 2.24) is 5.06 Å². The molecule has 0 aromatic heterocycles. The third-order valence-corrected chi connectivity index (χ3v) is 1.53. The number of amides is 1. The maximum absolute atomic E-state index is 10.7. The lowest BCUT2D eigenvalue weighted by atomic mass is 10.2. The fourth-order valence-corrected chi connectivity index (χ4v) is 1.02. The molecule has 0 spiro atoms. The van der Waals surface area contributed by atoms with Crippen molar-refractivity contribution in [3.8, 4) is 0 Å². The Balaban J connectivity index is 3.71. The first-order chi connectivity index (χ1) is 7.89. The van der Waals surface area contributed by atoms with E-state index < -0.39 is 11.8 Å². The third kappa shape index (κ3) is 9.89. The Morgan fingerprint density at radius 3 is 2.47 bits per heavy atom. The molecule has 0 N–H and O–H groups in total. The summed E-state index contributed by atoms with van der Waals surface area (Å²) in [6.45, 7) is 5.95. The van der Waals surface area contributed by atoms with Crippen LogP contribution in [0.25, 0.3) is 0 Å². The van der Waals surface area contributed by atoms with Gasteiger partial charge in [0.25, 0.3) is 0 Å². The molecule has 0 unspecified atom stereocenters. The van der Waals surface area contributed by atoms with Gasteiger partial charge in [-0.2, -0.15) is 0 Å². The van der Waals surface area contributed by atoms with Crippen LogP contribution in [0.15, 0.2) is 0 Å². The van der Waals surface area contributed by atoms with Crippen LogP contribution in [0.4, 0.5) is 4.79 Å². The molecule has 100 valence electrons. The molecule has 0 saturated carbocycles. The molecule has 0 radical (unpaired) electrons. The van der Waals surface area contributed by atoms with E-state index in [1.54, 1.807) is 0 Å². The first-order valence-corrected chi connectivity index (χ1v) is 5.69. The predicted molar refractivity (Wildman–Crippen MR) is 61.4 cm³/mol. The lowest BCUT2D eigenvalue weighted by Crippen LogP contribution is -2.34. The lowest BCUT2D eigenvalue weighted by molar-refractivity contribution is -0.216. The summed E-state index contributed by atoms with van der Waals surface area (Å²) in [6, 6.07) is -0.244. The number of hydrogen-bond acceptors (Lipinski definition) is 5. The number of alkyl halides is 1. The van der Waals surface area contributed by atoms with Crippen LogP contribution in [0.3, 0.4) is 0 Å². The highest BCUT2D eigenvalue weighted by Gasteiger charge is 2.15. The van der Waals surface area contributed by atoms with E-state index in [-0.39, 0.29) is 12.7 Å². The van der Waals surface area contributed by atoms with Gasteiger partial charge in [0.05, 0.1) is 18.8 Å². The standard InChI is InChI=1S/C10H18ClNO5/c1-10(2,3)17-12(8-13)5-4-6-15-9(14)16-7-11/h8H,4-7H2,1-3H3. The fourth-order valence-electron chi connectivity index (χ4n) is 0.934. The van der Waals surface area contributed by atoms with E-state index >= 15 is 0 Å². The van der Waals surface area contributed by atoms with E-state index in [0.29, 0.717) is 19.4 Å². The minimum atomic E-state index is -0.825. The molecule has 7 heteroatoms. The maximum atomic E-state index is 10.7. The summed E-state index contributed by atoms with van der Waals surface area (Å²) in [5.41, 5.74) is -0.445. The highest BCUT2D eigenvalue weighted by Crippen LogP contribution is 2.09. The van der Waals surface area contributed by atoms with Gasteiger partial charge in [-0.05, 0) is 20.8 Å². The fraction of sp³-hybridized carbons (Fsp3) is 0.800. The molecule has 0 heterocycles. The van der Waals surface area contributed by atoms with Crippen LogP contribution in [-0.2, 0) is 19.1 Å². The topological polar surface area (TPSA) is 65.1 Å². The Morgan fingerprint density at radius 1 is 1.35 bits per heavy atom. The number of rotatable bonds is 7. The van der Waals surface area contributed by atoms with Gasteiger partial charge in [-0.25, -0.2) is 9.86 Å². The van der Waals surface area contributed by atoms with Crippen molar-refractivity contribution in [3.63, 3.8) is 0 Å². The number of hydroxylamine groups is 2. The van der Waals surface area contributed by atoms with E-state index in [2.05, 4.69) is 9.47 Å². The van der Waals surface area contributed by atoms with Crippen LogP contribution in [0.1, 0.15) is 27.2 Å². The number of nitrogens with zero attached hydrogens (tertiary/aromatic N) is 1. The molecule has 6 nitrogen and oxygen atoms in total. The summed E-state index contributed by atoms with van der Waals surface area (Å²) in [4.78, 5) is 26.7. The largest absolute Gasteiger partial charge is 0.509 e. The summed E-state index contributed by atoms with van der Waals surface area (Å²) >= 11 is 5.16. The summed E-state index contributed by atoms with van der Waals surface area (Å²) < 4.78 is 9.01. The zero-order chi connectivity index (χ0) is 13.3. The van der Waals surface area contributed by atoms with Crippen LogP contribution >= 0.6 is 11.6 Å². The van der Waals surface area contributed by atoms with E-state index in [4.69, 9.17) is 16.4 Å². The Hall–Kier alpha value is -1.01. The van der Waals surface area contributed by atoms with E-state index in [9.17, 15) is 9.59 Å². The lowest BCUT2D eigenvalue weighted by Gasteiger charge is -2.26. The summed E-state index contributed by atoms with van der Waals surface area (Å²) in [5.74, 6) is 0. The van der Waals surface area contributed by atoms with Crippen molar-refractivity contribution < 1.29 is 23.9 Å². The average molecular weight is 268 g/mol. The molecule has 0 bridgehead atoms. The molecule has 0 fully saturated rings. The Kier molecular flexibility index (Phi) is 7.65. The molecule has 0 aliphatic heterocycles. The maximum Gasteiger partial charge on any atom is 0.509 e. The molecule has 0 aliphatic rings. The van der Waals surface area contributed by atoms with Gasteiger partial charge < -0.3 is 9.47 Å². The van der Waals surface area contributed by atoms with Crippen molar-refractivity contribution in [2.75, 3.05) is 19.2 Å². The van der Waals surface area contributed by atoms with E-state index in [1.165, 1.54) is 0 Å². The number of halogens is 1. The number of ether oxygens (including phenoxy) is 2. The zero-order valence-electron chi connectivity index (χ0n) is 10.3. The van der Waals surface area contributed by atoms with E-state index in [1.807, 2.05) is 20.8 Å². The second kappa shape index (κ2) is 8.14. The normalized spacial score (nSPS) is 10.8. The first kappa shape index (κ1) is 16.0. The Morgan fingerprint density at radius 2 is 2.00 bits per heavy atom. The molecule has 0 aromatic rings. The quantitative estimate of drug-likeness (QED) is 0.232. The molecule has 0 aliphatic carbocycles. The van der Waals surface area contributed by atoms with Gasteiger partial charge in [0, 0.05) is 6.42 Å². The highest BCUT2D eigenvalue weighted by atomic mass is 35.5. The minimum absolute atomic E-state index is 0.133. The monoisotopic (exact) mass is 267 g/mol. The molecule has 17 heavy (non-hydrogen) atoms. The van der Waals surface area contributed by atoms with Crippen LogP contribution in [0, 0.1) is 0 Å². The summed E-state index contributed by atoms with van der Waals surface area (Å²) in [5, 5.41) is 1.16. The molecule has 1 amide bonds. The number of carbonyl (C=O) groups excluding carboxylic acids is 2. The molecule has 0 rings (SSSR count). The average Bonchev–Trinajstić information content (AvgIpc) is 2.21. The van der Waals surface area contributed by atoms with Gasteiger partial charge in [0.15, 0.2) is 6.07 Å². The van der Waals surface area contributed by atoms with Crippen LogP contribution < -0.4 is 0 Å². The third-order valence-electron chi connectivity index (χ3n) is 1.42. The SMILES string of the molecule is CC(C)(C)ON(C=O)CCCOC(=O)OCCl. The summed E-state index contributed by atoms with van der Waals surface area (Å²) in [7, 11) is 0. The van der Waals surface area contributed by atoms with Crippen molar-refractivity contribution >= 4 is 24.2 Å². The highest BCUT2D eigenvalue weighted by molar-refractivity contribution is 6.17. The predicted octanol–water partition coefficient (Wildman–Crippen LogP) is 1.91. The first-order valence-electron chi connectivity index (χ1n) is 5.15. The van der Waals surface area contributed by atoms with Crippen molar-refractivity contribution in [2.24, 2.45) is 0 Å². The number of carbonyl (C=O) groups is 2. The molecule has 0 atom stereocenters. The van der Waals surface area contributed by atoms with Crippen molar-refractivity contribution in [2.45, 2.75) is 32.8 Å².